The normalized spacial score (nSPS) is 9.67. The molecule has 2 rings (SSSR count). The van der Waals surface area contributed by atoms with Crippen molar-refractivity contribution in [1.29, 1.82) is 0 Å². The van der Waals surface area contributed by atoms with Crippen LogP contribution in [0.3, 0.4) is 0 Å². The van der Waals surface area contributed by atoms with Crippen molar-refractivity contribution in [2.45, 2.75) is 0 Å². The summed E-state index contributed by atoms with van der Waals surface area (Å²) in [5.74, 6) is 0.715. The minimum Gasteiger partial charge on any atom is -0.315 e. The number of anilines is 2. The average molecular weight is 178 g/mol. The van der Waals surface area contributed by atoms with Crippen molar-refractivity contribution in [3.8, 4) is 0 Å². The van der Waals surface area contributed by atoms with Crippen molar-refractivity contribution in [3.05, 3.63) is 30.2 Å². The molecule has 2 aromatic heterocycles. The highest BCUT2D eigenvalue weighted by molar-refractivity contribution is 7.13. The van der Waals surface area contributed by atoms with Gasteiger partial charge in [0.2, 0.25) is 0 Å². The molecule has 0 aliphatic heterocycles. The zero-order chi connectivity index (χ0) is 8.23. The Balaban J connectivity index is 2.15. The van der Waals surface area contributed by atoms with Crippen molar-refractivity contribution in [3.63, 3.8) is 0 Å². The summed E-state index contributed by atoms with van der Waals surface area (Å²) < 4.78 is 0. The quantitative estimate of drug-likeness (QED) is 0.760. The Morgan fingerprint density at radius 1 is 1.17 bits per heavy atom. The van der Waals surface area contributed by atoms with Crippen LogP contribution < -0.4 is 5.32 Å². The van der Waals surface area contributed by atoms with Gasteiger partial charge in [0.25, 0.3) is 0 Å². The summed E-state index contributed by atoms with van der Waals surface area (Å²) in [4.78, 5) is 12.0. The molecule has 4 nitrogen and oxygen atoms in total. The number of nitrogens with one attached hydrogen (secondary N) is 1. The van der Waals surface area contributed by atoms with Crippen LogP contribution in [0.15, 0.2) is 30.2 Å². The zero-order valence-corrected chi connectivity index (χ0v) is 6.95. The number of hydrogen-bond donors (Lipinski definition) is 1. The van der Waals surface area contributed by atoms with Crippen LogP contribution >= 0.6 is 11.3 Å². The molecular formula is C7H6N4S. The fraction of sp³-hybridized carbons (Fsp3) is 0. The Labute approximate surface area is 73.3 Å². The Morgan fingerprint density at radius 2 is 2.17 bits per heavy atom. The van der Waals surface area contributed by atoms with Crippen LogP contribution in [-0.2, 0) is 0 Å². The molecule has 1 N–H and O–H groups in total. The third-order valence-corrected chi connectivity index (χ3v) is 1.92. The summed E-state index contributed by atoms with van der Waals surface area (Å²) in [5, 5.41) is 5.75. The summed E-state index contributed by atoms with van der Waals surface area (Å²) in [7, 11) is 0. The number of aromatic nitrogens is 3. The smallest absolute Gasteiger partial charge is 0.188 e. The highest BCUT2D eigenvalue weighted by atomic mass is 32.1. The SMILES string of the molecule is c1cnc(Nc2nccs2)cn1. The van der Waals surface area contributed by atoms with Gasteiger partial charge in [0, 0.05) is 24.0 Å². The van der Waals surface area contributed by atoms with Gasteiger partial charge in [0.1, 0.15) is 0 Å². The Morgan fingerprint density at radius 3 is 2.83 bits per heavy atom. The molecule has 0 aliphatic rings. The third-order valence-electron chi connectivity index (χ3n) is 1.23. The Bertz CT molecular complexity index is 332. The highest BCUT2D eigenvalue weighted by Gasteiger charge is 1.95. The maximum atomic E-state index is 4.05. The molecule has 2 heterocycles. The molecule has 12 heavy (non-hydrogen) atoms. The lowest BCUT2D eigenvalue weighted by molar-refractivity contribution is 1.19. The van der Waals surface area contributed by atoms with E-state index in [-0.39, 0.29) is 0 Å². The first-order valence-corrected chi connectivity index (χ1v) is 4.25. The van der Waals surface area contributed by atoms with Gasteiger partial charge in [0.05, 0.1) is 6.20 Å². The molecule has 60 valence electrons. The maximum Gasteiger partial charge on any atom is 0.188 e. The average Bonchev–Trinajstić information content (AvgIpc) is 2.59. The number of rotatable bonds is 2. The monoisotopic (exact) mass is 178 g/mol. The van der Waals surface area contributed by atoms with Crippen LogP contribution in [-0.4, -0.2) is 15.0 Å². The Kier molecular flexibility index (Phi) is 1.96. The lowest BCUT2D eigenvalue weighted by Crippen LogP contribution is -1.91. The first kappa shape index (κ1) is 7.17. The topological polar surface area (TPSA) is 50.7 Å². The van der Waals surface area contributed by atoms with Gasteiger partial charge in [-0.25, -0.2) is 9.97 Å². The highest BCUT2D eigenvalue weighted by Crippen LogP contribution is 2.14. The molecule has 2 aromatic rings. The molecule has 0 saturated carbocycles. The molecule has 0 atom stereocenters. The van der Waals surface area contributed by atoms with Gasteiger partial charge in [-0.05, 0) is 0 Å². The second kappa shape index (κ2) is 3.27. The predicted molar refractivity (Wildman–Crippen MR) is 47.4 cm³/mol. The van der Waals surface area contributed by atoms with E-state index in [4.69, 9.17) is 0 Å². The zero-order valence-electron chi connectivity index (χ0n) is 6.14. The third kappa shape index (κ3) is 1.57. The van der Waals surface area contributed by atoms with Gasteiger partial charge in [-0.1, -0.05) is 0 Å². The number of nitrogens with zero attached hydrogens (tertiary/aromatic N) is 3. The van der Waals surface area contributed by atoms with Crippen LogP contribution in [0.2, 0.25) is 0 Å². The Hall–Kier alpha value is -1.49. The molecule has 0 bridgehead atoms. The van der Waals surface area contributed by atoms with E-state index in [1.165, 1.54) is 11.3 Å². The van der Waals surface area contributed by atoms with Crippen molar-refractivity contribution >= 4 is 22.3 Å². The van der Waals surface area contributed by atoms with Crippen LogP contribution in [0.25, 0.3) is 0 Å². The molecule has 0 unspecified atom stereocenters. The fourth-order valence-corrected chi connectivity index (χ4v) is 1.29. The minimum absolute atomic E-state index is 0.715. The summed E-state index contributed by atoms with van der Waals surface area (Å²) >= 11 is 1.53. The van der Waals surface area contributed by atoms with E-state index in [2.05, 4.69) is 20.3 Å². The van der Waals surface area contributed by atoms with Crippen LogP contribution in [0.5, 0.6) is 0 Å². The standard InChI is InChI=1S/C7H6N4S/c1-2-9-6(5-8-1)11-7-10-3-4-12-7/h1-5H,(H,9,10,11). The molecule has 0 amide bonds. The maximum absolute atomic E-state index is 4.05. The van der Waals surface area contributed by atoms with E-state index in [1.54, 1.807) is 24.8 Å². The van der Waals surface area contributed by atoms with Gasteiger partial charge in [-0.2, -0.15) is 0 Å². The second-order valence-electron chi connectivity index (χ2n) is 2.05. The van der Waals surface area contributed by atoms with Gasteiger partial charge in [-0.3, -0.25) is 4.98 Å². The number of thiazole rings is 1. The van der Waals surface area contributed by atoms with Crippen LogP contribution in [0, 0.1) is 0 Å². The summed E-state index contributed by atoms with van der Waals surface area (Å²) in [6.07, 6.45) is 6.66. The van der Waals surface area contributed by atoms with Gasteiger partial charge >= 0.3 is 0 Å². The first-order valence-electron chi connectivity index (χ1n) is 3.38. The lowest BCUT2D eigenvalue weighted by Gasteiger charge is -1.97. The van der Waals surface area contributed by atoms with Crippen molar-refractivity contribution in [2.24, 2.45) is 0 Å². The second-order valence-corrected chi connectivity index (χ2v) is 2.95. The lowest BCUT2D eigenvalue weighted by atomic mass is 10.7. The molecule has 5 heteroatoms. The van der Waals surface area contributed by atoms with E-state index in [9.17, 15) is 0 Å². The van der Waals surface area contributed by atoms with E-state index >= 15 is 0 Å². The van der Waals surface area contributed by atoms with Gasteiger partial charge in [-0.15, -0.1) is 11.3 Å². The molecule has 0 aliphatic carbocycles. The summed E-state index contributed by atoms with van der Waals surface area (Å²) in [5.41, 5.74) is 0. The first-order chi connectivity index (χ1) is 5.95. The predicted octanol–water partition coefficient (Wildman–Crippen LogP) is 1.68. The van der Waals surface area contributed by atoms with Crippen LogP contribution in [0.1, 0.15) is 0 Å². The van der Waals surface area contributed by atoms with Crippen molar-refractivity contribution < 1.29 is 0 Å². The molecule has 0 spiro atoms. The van der Waals surface area contributed by atoms with Gasteiger partial charge in [0.15, 0.2) is 10.9 Å². The summed E-state index contributed by atoms with van der Waals surface area (Å²) in [6.45, 7) is 0. The van der Waals surface area contributed by atoms with E-state index < -0.39 is 0 Å². The van der Waals surface area contributed by atoms with Crippen molar-refractivity contribution in [2.75, 3.05) is 5.32 Å². The van der Waals surface area contributed by atoms with Gasteiger partial charge < -0.3 is 5.32 Å². The number of hydrogen-bond acceptors (Lipinski definition) is 5. The molecule has 0 saturated heterocycles. The van der Waals surface area contributed by atoms with E-state index in [0.29, 0.717) is 5.82 Å². The summed E-state index contributed by atoms with van der Waals surface area (Å²) in [6, 6.07) is 0. The molecular weight excluding hydrogens is 172 g/mol. The molecule has 0 aromatic carbocycles. The van der Waals surface area contributed by atoms with E-state index in [1.807, 2.05) is 5.38 Å². The largest absolute Gasteiger partial charge is 0.315 e. The minimum atomic E-state index is 0.715. The molecule has 0 fully saturated rings. The van der Waals surface area contributed by atoms with Crippen LogP contribution in [0.4, 0.5) is 10.9 Å². The van der Waals surface area contributed by atoms with E-state index in [0.717, 1.165) is 5.13 Å². The van der Waals surface area contributed by atoms with Crippen molar-refractivity contribution in [1.82, 2.24) is 15.0 Å². The fourth-order valence-electron chi connectivity index (χ4n) is 0.758. The molecule has 0 radical (unpaired) electrons.